The van der Waals surface area contributed by atoms with Crippen molar-refractivity contribution in [1.82, 2.24) is 29.5 Å². The monoisotopic (exact) mass is 407 g/mol. The molecular weight excluding hydrogens is 386 g/mol. The Morgan fingerprint density at radius 3 is 2.81 bits per heavy atom. The molecule has 144 valence electrons. The number of anilines is 1. The molecule has 11 heteroatoms. The van der Waals surface area contributed by atoms with Crippen molar-refractivity contribution in [2.75, 3.05) is 11.1 Å². The molecular formula is C16H21N7O2S2. The van der Waals surface area contributed by atoms with E-state index >= 15 is 0 Å². The second-order valence-corrected chi connectivity index (χ2v) is 9.30. The van der Waals surface area contributed by atoms with Gasteiger partial charge in [-0.25, -0.2) is 9.67 Å². The summed E-state index contributed by atoms with van der Waals surface area (Å²) in [4.78, 5) is 29.1. The summed E-state index contributed by atoms with van der Waals surface area (Å²) in [7, 11) is 0. The Kier molecular flexibility index (Phi) is 5.61. The highest BCUT2D eigenvalue weighted by atomic mass is 32.2. The van der Waals surface area contributed by atoms with E-state index in [4.69, 9.17) is 0 Å². The fourth-order valence-corrected chi connectivity index (χ4v) is 4.11. The van der Waals surface area contributed by atoms with E-state index in [1.54, 1.807) is 16.4 Å². The molecule has 27 heavy (non-hydrogen) atoms. The van der Waals surface area contributed by atoms with Gasteiger partial charge in [0.2, 0.25) is 11.0 Å². The van der Waals surface area contributed by atoms with E-state index in [0.717, 1.165) is 10.1 Å². The molecule has 0 saturated heterocycles. The zero-order valence-electron chi connectivity index (χ0n) is 15.6. The van der Waals surface area contributed by atoms with Gasteiger partial charge in [-0.3, -0.25) is 14.2 Å². The van der Waals surface area contributed by atoms with Gasteiger partial charge in [-0.1, -0.05) is 30.0 Å². The molecule has 0 aromatic carbocycles. The Morgan fingerprint density at radius 2 is 2.11 bits per heavy atom. The van der Waals surface area contributed by atoms with Crippen molar-refractivity contribution in [2.45, 2.75) is 50.5 Å². The first-order valence-corrected chi connectivity index (χ1v) is 10.3. The van der Waals surface area contributed by atoms with Crippen LogP contribution in [0, 0.1) is 0 Å². The lowest BCUT2D eigenvalue weighted by molar-refractivity contribution is -0.116. The number of carbonyl (C=O) groups excluding carboxylic acids is 1. The van der Waals surface area contributed by atoms with Gasteiger partial charge in [0, 0.05) is 13.0 Å². The van der Waals surface area contributed by atoms with E-state index in [1.165, 1.54) is 28.4 Å². The summed E-state index contributed by atoms with van der Waals surface area (Å²) in [5, 5.41) is 15.8. The molecule has 0 aliphatic rings. The third-order valence-corrected chi connectivity index (χ3v) is 5.54. The predicted molar refractivity (Wildman–Crippen MR) is 106 cm³/mol. The summed E-state index contributed by atoms with van der Waals surface area (Å²) in [6.07, 6.45) is 3.12. The molecule has 3 aromatic heterocycles. The lowest BCUT2D eigenvalue weighted by Gasteiger charge is -2.19. The molecule has 0 spiro atoms. The van der Waals surface area contributed by atoms with Gasteiger partial charge in [-0.15, -0.1) is 10.2 Å². The average molecular weight is 408 g/mol. The van der Waals surface area contributed by atoms with Crippen LogP contribution >= 0.6 is 23.1 Å². The first-order chi connectivity index (χ1) is 12.8. The Morgan fingerprint density at radius 1 is 1.33 bits per heavy atom. The summed E-state index contributed by atoms with van der Waals surface area (Å²) in [5.74, 6) is 0.670. The van der Waals surface area contributed by atoms with Crippen LogP contribution in [0.1, 0.15) is 34.1 Å². The lowest BCUT2D eigenvalue weighted by atomic mass is 10.1. The summed E-state index contributed by atoms with van der Waals surface area (Å²) < 4.78 is 3.96. The van der Waals surface area contributed by atoms with E-state index in [1.807, 2.05) is 27.7 Å². The first-order valence-electron chi connectivity index (χ1n) is 8.49. The molecule has 3 aromatic rings. The highest BCUT2D eigenvalue weighted by molar-refractivity contribution is 8.01. The largest absolute Gasteiger partial charge is 0.300 e. The molecule has 0 saturated carbocycles. The van der Waals surface area contributed by atoms with E-state index in [2.05, 4.69) is 25.6 Å². The number of hydrogen-bond donors (Lipinski definition) is 1. The third kappa shape index (κ3) is 4.35. The molecule has 0 radical (unpaired) electrons. The SMILES string of the molecule is CCSc1nnc(NC(=O)CCn2cnc3c(cnn3C(C)(C)C)c2=O)s1. The Hall–Kier alpha value is -2.27. The van der Waals surface area contributed by atoms with Crippen LogP contribution < -0.4 is 10.9 Å². The minimum Gasteiger partial charge on any atom is -0.300 e. The van der Waals surface area contributed by atoms with Gasteiger partial charge in [0.25, 0.3) is 5.56 Å². The molecule has 0 aliphatic heterocycles. The lowest BCUT2D eigenvalue weighted by Crippen LogP contribution is -2.26. The number of fused-ring (bicyclic) bond motifs is 1. The van der Waals surface area contributed by atoms with Crippen molar-refractivity contribution >= 4 is 45.2 Å². The highest BCUT2D eigenvalue weighted by Gasteiger charge is 2.19. The zero-order chi connectivity index (χ0) is 19.6. The fraction of sp³-hybridized carbons (Fsp3) is 0.500. The van der Waals surface area contributed by atoms with E-state index in [-0.39, 0.29) is 30.0 Å². The molecule has 0 atom stereocenters. The van der Waals surface area contributed by atoms with Gasteiger partial charge in [-0.05, 0) is 26.5 Å². The minimum atomic E-state index is -0.274. The van der Waals surface area contributed by atoms with Crippen LogP contribution in [0.15, 0.2) is 21.7 Å². The summed E-state index contributed by atoms with van der Waals surface area (Å²) in [6, 6.07) is 0. The molecule has 3 rings (SSSR count). The Labute approximate surface area is 164 Å². The van der Waals surface area contributed by atoms with Crippen molar-refractivity contribution in [3.8, 4) is 0 Å². The quantitative estimate of drug-likeness (QED) is 0.493. The maximum absolute atomic E-state index is 12.6. The summed E-state index contributed by atoms with van der Waals surface area (Å²) >= 11 is 2.91. The second kappa shape index (κ2) is 7.77. The number of nitrogens with one attached hydrogen (secondary N) is 1. The van der Waals surface area contributed by atoms with Crippen LogP contribution in [0.5, 0.6) is 0 Å². The van der Waals surface area contributed by atoms with Gasteiger partial charge in [0.05, 0.1) is 18.1 Å². The normalized spacial score (nSPS) is 11.9. The van der Waals surface area contributed by atoms with Crippen LogP contribution in [0.25, 0.3) is 11.0 Å². The molecule has 3 heterocycles. The van der Waals surface area contributed by atoms with Crippen LogP contribution in [-0.2, 0) is 16.9 Å². The standard InChI is InChI=1S/C16H21N7O2S2/c1-5-26-15-21-20-14(27-15)19-11(24)6-7-22-9-17-12-10(13(22)25)8-18-23(12)16(2,3)4/h8-9H,5-7H2,1-4H3,(H,19,20,24). The molecule has 0 fully saturated rings. The number of aryl methyl sites for hydroxylation is 1. The van der Waals surface area contributed by atoms with E-state index < -0.39 is 0 Å². The number of nitrogens with zero attached hydrogens (tertiary/aromatic N) is 6. The zero-order valence-corrected chi connectivity index (χ0v) is 17.2. The molecule has 9 nitrogen and oxygen atoms in total. The molecule has 0 aliphatic carbocycles. The average Bonchev–Trinajstić information content (AvgIpc) is 3.21. The molecule has 0 unspecified atom stereocenters. The van der Waals surface area contributed by atoms with Crippen LogP contribution in [-0.4, -0.2) is 41.2 Å². The number of amides is 1. The maximum atomic E-state index is 12.6. The number of hydrogen-bond acceptors (Lipinski definition) is 8. The molecule has 1 N–H and O–H groups in total. The first kappa shape index (κ1) is 19.5. The molecule has 0 bridgehead atoms. The van der Waals surface area contributed by atoms with E-state index in [9.17, 15) is 9.59 Å². The smallest absolute Gasteiger partial charge is 0.264 e. The van der Waals surface area contributed by atoms with Gasteiger partial charge >= 0.3 is 0 Å². The number of thioether (sulfide) groups is 1. The minimum absolute atomic E-state index is 0.135. The van der Waals surface area contributed by atoms with Gasteiger partial charge < -0.3 is 5.32 Å². The van der Waals surface area contributed by atoms with Crippen molar-refractivity contribution in [1.29, 1.82) is 0 Å². The highest BCUT2D eigenvalue weighted by Crippen LogP contribution is 2.25. The van der Waals surface area contributed by atoms with Crippen molar-refractivity contribution in [3.05, 3.63) is 22.9 Å². The van der Waals surface area contributed by atoms with Crippen LogP contribution in [0.2, 0.25) is 0 Å². The van der Waals surface area contributed by atoms with Crippen molar-refractivity contribution in [3.63, 3.8) is 0 Å². The maximum Gasteiger partial charge on any atom is 0.264 e. The van der Waals surface area contributed by atoms with E-state index in [0.29, 0.717) is 16.2 Å². The number of carbonyl (C=O) groups is 1. The van der Waals surface area contributed by atoms with Crippen LogP contribution in [0.4, 0.5) is 5.13 Å². The van der Waals surface area contributed by atoms with Gasteiger partial charge in [-0.2, -0.15) is 5.10 Å². The van der Waals surface area contributed by atoms with Gasteiger partial charge in [0.15, 0.2) is 9.99 Å². The summed E-state index contributed by atoms with van der Waals surface area (Å²) in [5.41, 5.74) is 0.0630. The van der Waals surface area contributed by atoms with Gasteiger partial charge in [0.1, 0.15) is 5.39 Å². The topological polar surface area (TPSA) is 108 Å². The number of aromatic nitrogens is 6. The van der Waals surface area contributed by atoms with Crippen molar-refractivity contribution in [2.24, 2.45) is 0 Å². The molecule has 1 amide bonds. The second-order valence-electron chi connectivity index (χ2n) is 6.81. The predicted octanol–water partition coefficient (Wildman–Crippen LogP) is 2.34. The fourth-order valence-electron chi connectivity index (χ4n) is 2.44. The Balaban J connectivity index is 1.68. The van der Waals surface area contributed by atoms with Crippen molar-refractivity contribution < 1.29 is 4.79 Å². The Bertz CT molecular complexity index is 1020. The third-order valence-electron chi connectivity index (χ3n) is 3.69. The van der Waals surface area contributed by atoms with Crippen LogP contribution in [0.3, 0.4) is 0 Å². The number of rotatable bonds is 6. The summed E-state index contributed by atoms with van der Waals surface area (Å²) in [6.45, 7) is 8.24.